The van der Waals surface area contributed by atoms with Crippen molar-refractivity contribution < 1.29 is 32.0 Å². The van der Waals surface area contributed by atoms with Crippen LogP contribution in [0.4, 0.5) is 8.78 Å². The number of Topliss-reactive ketones (excluding diaryl/α,β-unsaturated/α-hetero) is 2. The Bertz CT molecular complexity index is 400. The minimum Gasteiger partial charge on any atom is -0.293 e. The van der Waals surface area contributed by atoms with Gasteiger partial charge in [0.05, 0.1) is 0 Å². The first-order valence-corrected chi connectivity index (χ1v) is 9.34. The standard InChI is InChI=1S/C16H28F2O5P/c1-5-7-9-15(3,17)13(19)11-22-24(21)23-12-14(20)16(4,18)10-8-6-2/h5-12H2,1-4H3/q+1. The Morgan fingerprint density at radius 3 is 1.50 bits per heavy atom. The van der Waals surface area contributed by atoms with Crippen molar-refractivity contribution in [2.24, 2.45) is 0 Å². The molecule has 0 aromatic heterocycles. The van der Waals surface area contributed by atoms with E-state index in [1.54, 1.807) is 0 Å². The molecule has 5 nitrogen and oxygen atoms in total. The van der Waals surface area contributed by atoms with E-state index < -0.39 is 44.4 Å². The lowest BCUT2D eigenvalue weighted by atomic mass is 9.97. The molecule has 0 aliphatic heterocycles. The number of carbonyl (C=O) groups is 2. The molecule has 24 heavy (non-hydrogen) atoms. The normalized spacial score (nSPS) is 17.0. The molecule has 140 valence electrons. The molecule has 0 fully saturated rings. The van der Waals surface area contributed by atoms with Crippen LogP contribution in [0.25, 0.3) is 0 Å². The quantitative estimate of drug-likeness (QED) is 0.417. The summed E-state index contributed by atoms with van der Waals surface area (Å²) < 4.78 is 48.8. The van der Waals surface area contributed by atoms with Gasteiger partial charge in [0.2, 0.25) is 0 Å². The van der Waals surface area contributed by atoms with Gasteiger partial charge in [0.25, 0.3) is 0 Å². The number of halogens is 2. The minimum atomic E-state index is -2.79. The molecule has 2 unspecified atom stereocenters. The van der Waals surface area contributed by atoms with Crippen molar-refractivity contribution in [2.45, 2.75) is 77.6 Å². The van der Waals surface area contributed by atoms with E-state index in [0.29, 0.717) is 12.8 Å². The van der Waals surface area contributed by atoms with Crippen LogP contribution in [-0.2, 0) is 23.2 Å². The van der Waals surface area contributed by atoms with Gasteiger partial charge in [-0.3, -0.25) is 9.59 Å². The Hall–Kier alpha value is -0.780. The van der Waals surface area contributed by atoms with Crippen LogP contribution < -0.4 is 0 Å². The number of hydrogen-bond donors (Lipinski definition) is 0. The van der Waals surface area contributed by atoms with Crippen molar-refractivity contribution >= 4 is 19.8 Å². The van der Waals surface area contributed by atoms with Gasteiger partial charge in [0.1, 0.15) is 0 Å². The van der Waals surface area contributed by atoms with Crippen LogP contribution in [0, 0.1) is 0 Å². The molecule has 0 aliphatic carbocycles. The van der Waals surface area contributed by atoms with E-state index in [4.69, 9.17) is 0 Å². The van der Waals surface area contributed by atoms with Crippen molar-refractivity contribution in [3.63, 3.8) is 0 Å². The van der Waals surface area contributed by atoms with Gasteiger partial charge in [-0.15, -0.1) is 9.05 Å². The van der Waals surface area contributed by atoms with E-state index in [0.717, 1.165) is 26.7 Å². The topological polar surface area (TPSA) is 69.7 Å². The van der Waals surface area contributed by atoms with Crippen LogP contribution in [0.15, 0.2) is 0 Å². The third-order valence-electron chi connectivity index (χ3n) is 3.76. The van der Waals surface area contributed by atoms with Crippen LogP contribution in [0.3, 0.4) is 0 Å². The summed E-state index contributed by atoms with van der Waals surface area (Å²) in [5.74, 6) is -1.68. The Balaban J connectivity index is 4.23. The summed E-state index contributed by atoms with van der Waals surface area (Å²) in [6.07, 6.45) is 2.69. The molecule has 0 spiro atoms. The molecular formula is C16H28F2O5P+. The third kappa shape index (κ3) is 8.90. The van der Waals surface area contributed by atoms with Gasteiger partial charge in [-0.05, 0) is 26.7 Å². The number of rotatable bonds is 14. The van der Waals surface area contributed by atoms with Gasteiger partial charge in [-0.1, -0.05) is 39.5 Å². The summed E-state index contributed by atoms with van der Waals surface area (Å²) >= 11 is 0. The van der Waals surface area contributed by atoms with Gasteiger partial charge in [0.15, 0.2) is 36.1 Å². The molecule has 0 bridgehead atoms. The highest BCUT2D eigenvalue weighted by Crippen LogP contribution is 2.28. The van der Waals surface area contributed by atoms with Gasteiger partial charge >= 0.3 is 8.25 Å². The molecule has 0 radical (unpaired) electrons. The number of ketones is 2. The maximum Gasteiger partial charge on any atom is 0.698 e. The summed E-state index contributed by atoms with van der Waals surface area (Å²) in [5, 5.41) is 0. The Morgan fingerprint density at radius 2 is 1.21 bits per heavy atom. The van der Waals surface area contributed by atoms with Gasteiger partial charge < -0.3 is 0 Å². The fourth-order valence-electron chi connectivity index (χ4n) is 1.86. The highest BCUT2D eigenvalue weighted by Gasteiger charge is 2.37. The average molecular weight is 369 g/mol. The zero-order chi connectivity index (χ0) is 18.8. The van der Waals surface area contributed by atoms with Crippen molar-refractivity contribution in [1.29, 1.82) is 0 Å². The molecule has 8 heteroatoms. The van der Waals surface area contributed by atoms with Crippen molar-refractivity contribution in [3.05, 3.63) is 0 Å². The molecule has 0 aliphatic rings. The second-order valence-corrected chi connectivity index (χ2v) is 7.18. The first-order valence-electron chi connectivity index (χ1n) is 8.24. The zero-order valence-electron chi connectivity index (χ0n) is 14.9. The molecule has 0 rings (SSSR count). The molecule has 0 heterocycles. The molecule has 0 saturated carbocycles. The maximum atomic E-state index is 14.0. The lowest BCUT2D eigenvalue weighted by Gasteiger charge is -2.17. The Morgan fingerprint density at radius 1 is 0.875 bits per heavy atom. The Labute approximate surface area is 143 Å². The second-order valence-electron chi connectivity index (χ2n) is 6.22. The largest absolute Gasteiger partial charge is 0.698 e. The van der Waals surface area contributed by atoms with E-state index in [-0.39, 0.29) is 12.8 Å². The smallest absolute Gasteiger partial charge is 0.293 e. The monoisotopic (exact) mass is 369 g/mol. The summed E-state index contributed by atoms with van der Waals surface area (Å²) in [4.78, 5) is 23.4. The summed E-state index contributed by atoms with van der Waals surface area (Å²) in [6.45, 7) is 4.60. The van der Waals surface area contributed by atoms with Crippen molar-refractivity contribution in [2.75, 3.05) is 13.2 Å². The first-order chi connectivity index (χ1) is 11.1. The van der Waals surface area contributed by atoms with Crippen molar-refractivity contribution in [1.82, 2.24) is 0 Å². The first kappa shape index (κ1) is 23.2. The summed E-state index contributed by atoms with van der Waals surface area (Å²) in [5.41, 5.74) is -4.11. The van der Waals surface area contributed by atoms with E-state index in [2.05, 4.69) is 9.05 Å². The summed E-state index contributed by atoms with van der Waals surface area (Å²) in [6, 6.07) is 0. The number of carbonyl (C=O) groups excluding carboxylic acids is 2. The zero-order valence-corrected chi connectivity index (χ0v) is 15.8. The van der Waals surface area contributed by atoms with Gasteiger partial charge in [-0.25, -0.2) is 8.78 Å². The average Bonchev–Trinajstić information content (AvgIpc) is 2.53. The number of hydrogen-bond acceptors (Lipinski definition) is 5. The molecule has 0 aromatic carbocycles. The van der Waals surface area contributed by atoms with Crippen LogP contribution >= 0.6 is 8.25 Å². The van der Waals surface area contributed by atoms with Crippen LogP contribution in [0.1, 0.15) is 66.2 Å². The van der Waals surface area contributed by atoms with E-state index in [1.165, 1.54) is 0 Å². The van der Waals surface area contributed by atoms with E-state index in [9.17, 15) is 22.9 Å². The van der Waals surface area contributed by atoms with Crippen LogP contribution in [0.2, 0.25) is 0 Å². The number of unbranched alkanes of at least 4 members (excludes halogenated alkanes) is 2. The SMILES string of the molecule is CCCCC(C)(F)C(=O)CO[P+](=O)OCC(=O)C(C)(F)CCCC. The van der Waals surface area contributed by atoms with E-state index in [1.807, 2.05) is 13.8 Å². The molecule has 0 N–H and O–H groups in total. The van der Waals surface area contributed by atoms with Gasteiger partial charge in [0, 0.05) is 4.57 Å². The fourth-order valence-corrected chi connectivity index (χ4v) is 2.38. The highest BCUT2D eigenvalue weighted by molar-refractivity contribution is 7.33. The molecule has 0 saturated heterocycles. The molecule has 0 amide bonds. The second kappa shape index (κ2) is 11.0. The van der Waals surface area contributed by atoms with Gasteiger partial charge in [-0.2, -0.15) is 0 Å². The van der Waals surface area contributed by atoms with E-state index >= 15 is 0 Å². The van der Waals surface area contributed by atoms with Crippen LogP contribution in [-0.4, -0.2) is 36.1 Å². The van der Waals surface area contributed by atoms with Crippen LogP contribution in [0.5, 0.6) is 0 Å². The third-order valence-corrected chi connectivity index (χ3v) is 4.44. The number of alkyl halides is 2. The fraction of sp³-hybridized carbons (Fsp3) is 0.875. The summed E-state index contributed by atoms with van der Waals surface area (Å²) in [7, 11) is -2.79. The minimum absolute atomic E-state index is 0.0550. The lowest BCUT2D eigenvalue weighted by molar-refractivity contribution is -0.133. The molecular weight excluding hydrogens is 341 g/mol. The Kier molecular flexibility index (Phi) is 10.6. The lowest BCUT2D eigenvalue weighted by Crippen LogP contribution is -2.33. The predicted octanol–water partition coefficient (Wildman–Crippen LogP) is 4.65. The highest BCUT2D eigenvalue weighted by atomic mass is 31.1. The molecule has 2 atom stereocenters. The van der Waals surface area contributed by atoms with Crippen molar-refractivity contribution in [3.8, 4) is 0 Å². The molecule has 0 aromatic rings. The maximum absolute atomic E-state index is 14.0. The predicted molar refractivity (Wildman–Crippen MR) is 87.6 cm³/mol.